The molecule has 0 aliphatic carbocycles. The maximum Gasteiger partial charge on any atom is 0.335 e. The minimum absolute atomic E-state index is 0.0743. The summed E-state index contributed by atoms with van der Waals surface area (Å²) in [6.45, 7) is 4.76. The van der Waals surface area contributed by atoms with Gasteiger partial charge in [0.25, 0.3) is 5.91 Å². The van der Waals surface area contributed by atoms with Crippen LogP contribution >= 0.6 is 0 Å². The molecule has 1 aromatic heterocycles. The van der Waals surface area contributed by atoms with E-state index >= 15 is 0 Å². The number of hydrogen-bond acceptors (Lipinski definition) is 3. The van der Waals surface area contributed by atoms with Gasteiger partial charge >= 0.3 is 5.97 Å². The zero-order valence-electron chi connectivity index (χ0n) is 10.9. The number of carboxylic acids is 1. The van der Waals surface area contributed by atoms with E-state index in [1.54, 1.807) is 11.9 Å². The Labute approximate surface area is 106 Å². The molecule has 0 bridgehead atoms. The van der Waals surface area contributed by atoms with E-state index in [9.17, 15) is 9.59 Å². The fraction of sp³-hybridized carbons (Fsp3) is 0.462. The van der Waals surface area contributed by atoms with Crippen molar-refractivity contribution in [1.82, 2.24) is 9.88 Å². The molecule has 18 heavy (non-hydrogen) atoms. The predicted molar refractivity (Wildman–Crippen MR) is 67.6 cm³/mol. The Morgan fingerprint density at radius 2 is 2.17 bits per heavy atom. The molecular weight excluding hydrogens is 232 g/mol. The summed E-state index contributed by atoms with van der Waals surface area (Å²) in [6, 6.07) is 2.67. The predicted octanol–water partition coefficient (Wildman–Crippen LogP) is 1.90. The van der Waals surface area contributed by atoms with Crippen molar-refractivity contribution in [2.24, 2.45) is 5.92 Å². The first kappa shape index (κ1) is 14.2. The number of carbonyl (C=O) groups excluding carboxylic acids is 1. The summed E-state index contributed by atoms with van der Waals surface area (Å²) in [5.74, 6) is -0.906. The highest BCUT2D eigenvalue weighted by molar-refractivity contribution is 5.95. The first-order valence-electron chi connectivity index (χ1n) is 5.90. The van der Waals surface area contributed by atoms with E-state index in [1.807, 2.05) is 0 Å². The largest absolute Gasteiger partial charge is 0.478 e. The molecule has 0 saturated heterocycles. The summed E-state index contributed by atoms with van der Waals surface area (Å²) < 4.78 is 0. The number of aromatic nitrogens is 1. The number of hydrogen-bond donors (Lipinski definition) is 1. The van der Waals surface area contributed by atoms with Gasteiger partial charge in [-0.1, -0.05) is 20.3 Å². The zero-order chi connectivity index (χ0) is 13.7. The second-order valence-corrected chi connectivity index (χ2v) is 4.43. The van der Waals surface area contributed by atoms with Crippen molar-refractivity contribution in [1.29, 1.82) is 0 Å². The SMILES string of the molecule is CCC(C)CN(C)C(=O)c1cc(C(=O)O)ccn1. The van der Waals surface area contributed by atoms with Crippen molar-refractivity contribution >= 4 is 11.9 Å². The number of amides is 1. The Balaban J connectivity index is 2.83. The smallest absolute Gasteiger partial charge is 0.335 e. The van der Waals surface area contributed by atoms with Crippen LogP contribution in [0.2, 0.25) is 0 Å². The molecule has 1 heterocycles. The maximum absolute atomic E-state index is 12.0. The molecular formula is C13H18N2O3. The lowest BCUT2D eigenvalue weighted by Crippen LogP contribution is -2.31. The van der Waals surface area contributed by atoms with Crippen molar-refractivity contribution < 1.29 is 14.7 Å². The number of carboxylic acid groups (broad SMARTS) is 1. The van der Waals surface area contributed by atoms with Gasteiger partial charge in [-0.05, 0) is 18.1 Å². The fourth-order valence-electron chi connectivity index (χ4n) is 1.56. The van der Waals surface area contributed by atoms with Gasteiger partial charge in [0.2, 0.25) is 0 Å². The molecule has 0 aromatic carbocycles. The summed E-state index contributed by atoms with van der Waals surface area (Å²) in [6.07, 6.45) is 2.33. The van der Waals surface area contributed by atoms with Crippen LogP contribution in [0.15, 0.2) is 18.3 Å². The number of pyridine rings is 1. The first-order valence-corrected chi connectivity index (χ1v) is 5.90. The van der Waals surface area contributed by atoms with Crippen LogP contribution in [0.4, 0.5) is 0 Å². The molecule has 1 unspecified atom stereocenters. The lowest BCUT2D eigenvalue weighted by molar-refractivity contribution is 0.0696. The lowest BCUT2D eigenvalue weighted by atomic mass is 10.1. The van der Waals surface area contributed by atoms with Crippen LogP contribution in [0, 0.1) is 5.92 Å². The third kappa shape index (κ3) is 3.55. The molecule has 0 saturated carbocycles. The van der Waals surface area contributed by atoms with E-state index in [4.69, 9.17) is 5.11 Å². The van der Waals surface area contributed by atoms with E-state index in [-0.39, 0.29) is 17.2 Å². The fourth-order valence-corrected chi connectivity index (χ4v) is 1.56. The second kappa shape index (κ2) is 6.14. The highest BCUT2D eigenvalue weighted by Crippen LogP contribution is 2.08. The molecule has 98 valence electrons. The molecule has 1 N–H and O–H groups in total. The first-order chi connectivity index (χ1) is 8.45. The Hall–Kier alpha value is -1.91. The van der Waals surface area contributed by atoms with E-state index in [0.29, 0.717) is 12.5 Å². The second-order valence-electron chi connectivity index (χ2n) is 4.43. The minimum Gasteiger partial charge on any atom is -0.478 e. The summed E-state index contributed by atoms with van der Waals surface area (Å²) in [7, 11) is 1.70. The molecule has 0 radical (unpaired) electrons. The molecule has 0 aliphatic rings. The van der Waals surface area contributed by atoms with Crippen LogP contribution < -0.4 is 0 Å². The molecule has 5 nitrogen and oxygen atoms in total. The van der Waals surface area contributed by atoms with E-state index in [0.717, 1.165) is 6.42 Å². The van der Waals surface area contributed by atoms with Gasteiger partial charge in [0.15, 0.2) is 0 Å². The van der Waals surface area contributed by atoms with E-state index in [1.165, 1.54) is 18.3 Å². The molecule has 0 spiro atoms. The van der Waals surface area contributed by atoms with Gasteiger partial charge in [-0.15, -0.1) is 0 Å². The van der Waals surface area contributed by atoms with Gasteiger partial charge in [-0.25, -0.2) is 4.79 Å². The molecule has 1 atom stereocenters. The monoisotopic (exact) mass is 250 g/mol. The van der Waals surface area contributed by atoms with Gasteiger partial charge < -0.3 is 10.0 Å². The van der Waals surface area contributed by atoms with Gasteiger partial charge in [0, 0.05) is 19.8 Å². The topological polar surface area (TPSA) is 70.5 Å². The molecule has 1 rings (SSSR count). The lowest BCUT2D eigenvalue weighted by Gasteiger charge is -2.20. The van der Waals surface area contributed by atoms with Crippen LogP contribution in [0.3, 0.4) is 0 Å². The maximum atomic E-state index is 12.0. The van der Waals surface area contributed by atoms with E-state index in [2.05, 4.69) is 18.8 Å². The molecule has 5 heteroatoms. The molecule has 1 amide bonds. The average molecular weight is 250 g/mol. The number of aromatic carboxylic acids is 1. The highest BCUT2D eigenvalue weighted by atomic mass is 16.4. The van der Waals surface area contributed by atoms with Crippen LogP contribution in [-0.4, -0.2) is 40.5 Å². The van der Waals surface area contributed by atoms with Crippen molar-refractivity contribution in [2.75, 3.05) is 13.6 Å². The Morgan fingerprint density at radius 1 is 1.50 bits per heavy atom. The third-order valence-corrected chi connectivity index (χ3v) is 2.86. The highest BCUT2D eigenvalue weighted by Gasteiger charge is 2.16. The van der Waals surface area contributed by atoms with Crippen LogP contribution in [-0.2, 0) is 0 Å². The third-order valence-electron chi connectivity index (χ3n) is 2.86. The molecule has 1 aromatic rings. The molecule has 0 fully saturated rings. The number of rotatable bonds is 5. The van der Waals surface area contributed by atoms with Crippen LogP contribution in [0.5, 0.6) is 0 Å². The van der Waals surface area contributed by atoms with Gasteiger partial charge in [-0.2, -0.15) is 0 Å². The normalized spacial score (nSPS) is 11.9. The van der Waals surface area contributed by atoms with Crippen molar-refractivity contribution in [3.8, 4) is 0 Å². The number of nitrogens with zero attached hydrogens (tertiary/aromatic N) is 2. The van der Waals surface area contributed by atoms with Gasteiger partial charge in [-0.3, -0.25) is 9.78 Å². The zero-order valence-corrected chi connectivity index (χ0v) is 10.9. The van der Waals surface area contributed by atoms with Crippen molar-refractivity contribution in [3.05, 3.63) is 29.6 Å². The standard InChI is InChI=1S/C13H18N2O3/c1-4-9(2)8-15(3)12(16)11-7-10(13(17)18)5-6-14-11/h5-7,9H,4,8H2,1-3H3,(H,17,18). The Morgan fingerprint density at radius 3 is 2.72 bits per heavy atom. The minimum atomic E-state index is -1.06. The Kier molecular flexibility index (Phi) is 4.83. The quantitative estimate of drug-likeness (QED) is 0.866. The van der Waals surface area contributed by atoms with Crippen molar-refractivity contribution in [2.45, 2.75) is 20.3 Å². The van der Waals surface area contributed by atoms with Crippen LogP contribution in [0.25, 0.3) is 0 Å². The summed E-state index contributed by atoms with van der Waals surface area (Å²) >= 11 is 0. The summed E-state index contributed by atoms with van der Waals surface area (Å²) in [4.78, 5) is 28.4. The summed E-state index contributed by atoms with van der Waals surface area (Å²) in [5.41, 5.74) is 0.242. The van der Waals surface area contributed by atoms with Gasteiger partial charge in [0.05, 0.1) is 5.56 Å². The van der Waals surface area contributed by atoms with Crippen LogP contribution in [0.1, 0.15) is 41.1 Å². The Bertz CT molecular complexity index is 446. The molecule has 0 aliphatic heterocycles. The van der Waals surface area contributed by atoms with Gasteiger partial charge in [0.1, 0.15) is 5.69 Å². The summed E-state index contributed by atoms with van der Waals surface area (Å²) in [5, 5.41) is 8.86. The average Bonchev–Trinajstić information content (AvgIpc) is 2.37. The van der Waals surface area contributed by atoms with E-state index < -0.39 is 5.97 Å². The van der Waals surface area contributed by atoms with Crippen molar-refractivity contribution in [3.63, 3.8) is 0 Å². The number of carbonyl (C=O) groups is 2.